The van der Waals surface area contributed by atoms with Crippen LogP contribution in [0.25, 0.3) is 0 Å². The maximum atomic E-state index is 13.4. The molecule has 2 bridgehead atoms. The number of pyridine rings is 1. The summed E-state index contributed by atoms with van der Waals surface area (Å²) in [7, 11) is 1.67. The molecule has 3 atom stereocenters. The van der Waals surface area contributed by atoms with E-state index in [1.165, 1.54) is 0 Å². The highest BCUT2D eigenvalue weighted by Gasteiger charge is 2.55. The third-order valence-electron chi connectivity index (χ3n) is 6.12. The maximum absolute atomic E-state index is 13.4. The zero-order valence-electron chi connectivity index (χ0n) is 16.0. The molecule has 1 amide bonds. The Morgan fingerprint density at radius 2 is 2.26 bits per heavy atom. The molecule has 0 aromatic carbocycles. The van der Waals surface area contributed by atoms with Crippen molar-refractivity contribution in [2.45, 2.75) is 58.2 Å². The fourth-order valence-electron chi connectivity index (χ4n) is 4.76. The zero-order chi connectivity index (χ0) is 19.0. The predicted octanol–water partition coefficient (Wildman–Crippen LogP) is 2.53. The Kier molecular flexibility index (Phi) is 4.90. The van der Waals surface area contributed by atoms with Crippen molar-refractivity contribution in [2.75, 3.05) is 7.11 Å². The smallest absolute Gasteiger partial charge is 0.228 e. The number of aromatic nitrogens is 2. The van der Waals surface area contributed by atoms with Crippen molar-refractivity contribution in [1.29, 1.82) is 0 Å². The number of carbonyl (C=O) groups excluding carboxylic acids is 1. The monoisotopic (exact) mass is 386 g/mol. The van der Waals surface area contributed by atoms with Crippen LogP contribution in [0.15, 0.2) is 17.1 Å². The van der Waals surface area contributed by atoms with Gasteiger partial charge in [-0.2, -0.15) is 0 Å². The first-order valence-electron chi connectivity index (χ1n) is 9.44. The molecule has 0 unspecified atom stereocenters. The third kappa shape index (κ3) is 3.23. The minimum atomic E-state index is -0.417. The Bertz CT molecular complexity index is 839. The van der Waals surface area contributed by atoms with Gasteiger partial charge >= 0.3 is 0 Å². The SMILES string of the molecule is COc1c(C)cnc(CNC(=O)[C@]2(Cc3cscn3)C[C@@H]3CC[C@H]2N3)c1C. The van der Waals surface area contributed by atoms with Crippen LogP contribution < -0.4 is 15.4 Å². The molecule has 144 valence electrons. The average molecular weight is 387 g/mol. The van der Waals surface area contributed by atoms with Crippen molar-refractivity contribution in [3.63, 3.8) is 0 Å². The molecule has 0 spiro atoms. The third-order valence-corrected chi connectivity index (χ3v) is 6.75. The normalized spacial score (nSPS) is 26.3. The largest absolute Gasteiger partial charge is 0.496 e. The van der Waals surface area contributed by atoms with E-state index in [-0.39, 0.29) is 11.9 Å². The van der Waals surface area contributed by atoms with Gasteiger partial charge in [0.15, 0.2) is 0 Å². The highest BCUT2D eigenvalue weighted by Crippen LogP contribution is 2.46. The van der Waals surface area contributed by atoms with Crippen LogP contribution >= 0.6 is 11.3 Å². The summed E-state index contributed by atoms with van der Waals surface area (Å²) in [4.78, 5) is 22.3. The molecule has 2 aromatic heterocycles. The van der Waals surface area contributed by atoms with E-state index in [9.17, 15) is 4.79 Å². The number of carbonyl (C=O) groups is 1. The fraction of sp³-hybridized carbons (Fsp3) is 0.550. The summed E-state index contributed by atoms with van der Waals surface area (Å²) in [6, 6.07) is 0.671. The minimum Gasteiger partial charge on any atom is -0.496 e. The van der Waals surface area contributed by atoms with Gasteiger partial charge in [0.25, 0.3) is 0 Å². The summed E-state index contributed by atoms with van der Waals surface area (Å²) in [5, 5.41) is 8.85. The van der Waals surface area contributed by atoms with E-state index in [2.05, 4.69) is 26.0 Å². The molecule has 2 aromatic rings. The molecule has 27 heavy (non-hydrogen) atoms. The van der Waals surface area contributed by atoms with Crippen molar-refractivity contribution in [3.8, 4) is 5.75 Å². The van der Waals surface area contributed by atoms with E-state index >= 15 is 0 Å². The lowest BCUT2D eigenvalue weighted by Crippen LogP contribution is -2.50. The van der Waals surface area contributed by atoms with Crippen LogP contribution in [0.3, 0.4) is 0 Å². The summed E-state index contributed by atoms with van der Waals surface area (Å²) in [6.07, 6.45) is 5.59. The molecule has 0 saturated carbocycles. The van der Waals surface area contributed by atoms with Crippen LogP contribution in [0.1, 0.15) is 41.8 Å². The second-order valence-electron chi connectivity index (χ2n) is 7.74. The number of nitrogens with one attached hydrogen (secondary N) is 2. The van der Waals surface area contributed by atoms with Gasteiger partial charge in [-0.25, -0.2) is 4.98 Å². The molecule has 6 nitrogen and oxygen atoms in total. The van der Waals surface area contributed by atoms with Crippen LogP contribution in [0.5, 0.6) is 5.75 Å². The number of nitrogens with zero attached hydrogens (tertiary/aromatic N) is 2. The van der Waals surface area contributed by atoms with E-state index in [1.807, 2.05) is 19.4 Å². The van der Waals surface area contributed by atoms with E-state index in [0.717, 1.165) is 47.5 Å². The second-order valence-corrected chi connectivity index (χ2v) is 8.46. The maximum Gasteiger partial charge on any atom is 0.228 e. The van der Waals surface area contributed by atoms with Crippen molar-refractivity contribution in [3.05, 3.63) is 39.6 Å². The summed E-state index contributed by atoms with van der Waals surface area (Å²) in [5.74, 6) is 0.948. The van der Waals surface area contributed by atoms with Gasteiger partial charge in [0.2, 0.25) is 5.91 Å². The number of hydrogen-bond acceptors (Lipinski definition) is 6. The fourth-order valence-corrected chi connectivity index (χ4v) is 5.32. The molecule has 2 N–H and O–H groups in total. The number of rotatable bonds is 6. The van der Waals surface area contributed by atoms with Crippen molar-refractivity contribution in [2.24, 2.45) is 5.41 Å². The Balaban J connectivity index is 1.53. The number of methoxy groups -OCH3 is 1. The van der Waals surface area contributed by atoms with Crippen molar-refractivity contribution < 1.29 is 9.53 Å². The molecule has 0 radical (unpaired) electrons. The lowest BCUT2D eigenvalue weighted by Gasteiger charge is -2.34. The van der Waals surface area contributed by atoms with E-state index < -0.39 is 5.41 Å². The van der Waals surface area contributed by atoms with Crippen LogP contribution in [0.2, 0.25) is 0 Å². The van der Waals surface area contributed by atoms with Crippen molar-refractivity contribution >= 4 is 17.2 Å². The van der Waals surface area contributed by atoms with E-state index in [0.29, 0.717) is 19.0 Å². The van der Waals surface area contributed by atoms with Crippen LogP contribution in [0, 0.1) is 19.3 Å². The van der Waals surface area contributed by atoms with Crippen LogP contribution in [-0.4, -0.2) is 35.1 Å². The van der Waals surface area contributed by atoms with Gasteiger partial charge < -0.3 is 15.4 Å². The molecule has 2 aliphatic rings. The van der Waals surface area contributed by atoms with Gasteiger partial charge in [0, 0.05) is 41.2 Å². The molecular weight excluding hydrogens is 360 g/mol. The number of hydrogen-bond donors (Lipinski definition) is 2. The van der Waals surface area contributed by atoms with Gasteiger partial charge in [0.1, 0.15) is 5.75 Å². The lowest BCUT2D eigenvalue weighted by atomic mass is 9.70. The summed E-state index contributed by atoms with van der Waals surface area (Å²) < 4.78 is 5.48. The number of fused-ring (bicyclic) bond motifs is 2. The number of ether oxygens (including phenoxy) is 1. The number of amides is 1. The Labute approximate surface area is 163 Å². The topological polar surface area (TPSA) is 76.1 Å². The van der Waals surface area contributed by atoms with Gasteiger partial charge in [0.05, 0.1) is 36.0 Å². The number of thiazole rings is 1. The molecule has 2 saturated heterocycles. The predicted molar refractivity (Wildman–Crippen MR) is 105 cm³/mol. The Morgan fingerprint density at radius 3 is 2.89 bits per heavy atom. The van der Waals surface area contributed by atoms with Gasteiger partial charge in [-0.15, -0.1) is 11.3 Å². The summed E-state index contributed by atoms with van der Waals surface area (Å²) in [6.45, 7) is 4.38. The first kappa shape index (κ1) is 18.4. The molecule has 7 heteroatoms. The standard InChI is InChI=1S/C20H26N4O2S/c1-12-8-21-16(13(2)18(12)26-3)9-22-19(25)20(7-15-10-27-11-23-15)6-14-4-5-17(20)24-14/h8,10-11,14,17,24H,4-7,9H2,1-3H3,(H,22,25)/t14-,17+,20-/m0/s1. The van der Waals surface area contributed by atoms with Gasteiger partial charge in [-0.05, 0) is 33.1 Å². The minimum absolute atomic E-state index is 0.107. The highest BCUT2D eigenvalue weighted by molar-refractivity contribution is 7.07. The van der Waals surface area contributed by atoms with E-state index in [1.54, 1.807) is 24.6 Å². The quantitative estimate of drug-likeness (QED) is 0.798. The zero-order valence-corrected chi connectivity index (χ0v) is 16.9. The molecule has 0 aliphatic carbocycles. The lowest BCUT2D eigenvalue weighted by molar-refractivity contribution is -0.132. The summed E-state index contributed by atoms with van der Waals surface area (Å²) >= 11 is 1.58. The second kappa shape index (κ2) is 7.20. The highest BCUT2D eigenvalue weighted by atomic mass is 32.1. The van der Waals surface area contributed by atoms with Crippen molar-refractivity contribution in [1.82, 2.24) is 20.6 Å². The Hall–Kier alpha value is -1.99. The first-order valence-corrected chi connectivity index (χ1v) is 10.4. The number of aryl methyl sites for hydroxylation is 1. The first-order chi connectivity index (χ1) is 13.0. The molecule has 2 fully saturated rings. The molecular formula is C20H26N4O2S. The van der Waals surface area contributed by atoms with Gasteiger partial charge in [-0.1, -0.05) is 0 Å². The van der Waals surface area contributed by atoms with Crippen LogP contribution in [0.4, 0.5) is 0 Å². The average Bonchev–Trinajstić information content (AvgIpc) is 3.39. The van der Waals surface area contributed by atoms with E-state index in [4.69, 9.17) is 4.74 Å². The van der Waals surface area contributed by atoms with Gasteiger partial charge in [-0.3, -0.25) is 9.78 Å². The molecule has 4 heterocycles. The molecule has 4 rings (SSSR count). The Morgan fingerprint density at radius 1 is 1.41 bits per heavy atom. The van der Waals surface area contributed by atoms with Crippen LogP contribution in [-0.2, 0) is 17.8 Å². The summed E-state index contributed by atoms with van der Waals surface area (Å²) in [5.41, 5.74) is 5.27. The molecule has 2 aliphatic heterocycles.